The lowest BCUT2D eigenvalue weighted by molar-refractivity contribution is -0.147. The van der Waals surface area contributed by atoms with Crippen molar-refractivity contribution in [1.29, 1.82) is 0 Å². The number of amides is 1. The predicted molar refractivity (Wildman–Crippen MR) is 112 cm³/mol. The second-order valence-electron chi connectivity index (χ2n) is 6.67. The Kier molecular flexibility index (Phi) is 9.07. The van der Waals surface area contributed by atoms with Gasteiger partial charge in [0.2, 0.25) is 0 Å². The summed E-state index contributed by atoms with van der Waals surface area (Å²) in [6.45, 7) is 1.71. The molecule has 0 bridgehead atoms. The number of benzene rings is 2. The number of nitrogens with one attached hydrogen (secondary N) is 1. The van der Waals surface area contributed by atoms with Crippen LogP contribution in [0.15, 0.2) is 42.5 Å². The van der Waals surface area contributed by atoms with Crippen LogP contribution in [0.4, 0.5) is 18.9 Å². The summed E-state index contributed by atoms with van der Waals surface area (Å²) in [5.41, 5.74) is -1.36. The molecule has 2 aromatic rings. The largest absolute Gasteiger partial charge is 0.494 e. The van der Waals surface area contributed by atoms with Gasteiger partial charge in [-0.2, -0.15) is 13.2 Å². The summed E-state index contributed by atoms with van der Waals surface area (Å²) >= 11 is 5.75. The van der Waals surface area contributed by atoms with E-state index in [1.807, 2.05) is 12.2 Å². The summed E-state index contributed by atoms with van der Waals surface area (Å²) in [6.07, 6.45) is -4.33. The van der Waals surface area contributed by atoms with Crippen LogP contribution in [0.1, 0.15) is 42.1 Å². The third-order valence-electron chi connectivity index (χ3n) is 4.15. The summed E-state index contributed by atoms with van der Waals surface area (Å²) in [5, 5.41) is 1.70. The van der Waals surface area contributed by atoms with E-state index >= 15 is 0 Å². The third kappa shape index (κ3) is 7.56. The SMILES string of the molecule is CCCOc1ccc(C(=O)CCC(=O)OCC(=O)Nc2c(Cl)cccc2C(F)(F)F)cc1. The molecule has 6 nitrogen and oxygen atoms in total. The van der Waals surface area contributed by atoms with Crippen molar-refractivity contribution >= 4 is 34.9 Å². The topological polar surface area (TPSA) is 81.7 Å². The minimum Gasteiger partial charge on any atom is -0.494 e. The van der Waals surface area contributed by atoms with Gasteiger partial charge in [0.1, 0.15) is 5.75 Å². The number of Topliss-reactive ketones (excluding diaryl/α,β-unsaturated/α-hetero) is 1. The first kappa shape index (κ1) is 25.2. The molecule has 0 aliphatic rings. The fourth-order valence-electron chi connectivity index (χ4n) is 2.60. The van der Waals surface area contributed by atoms with E-state index in [4.69, 9.17) is 21.1 Å². The van der Waals surface area contributed by atoms with Gasteiger partial charge in [0, 0.05) is 12.0 Å². The highest BCUT2D eigenvalue weighted by Crippen LogP contribution is 2.38. The third-order valence-corrected chi connectivity index (χ3v) is 4.47. The molecule has 1 N–H and O–H groups in total. The van der Waals surface area contributed by atoms with E-state index in [-0.39, 0.29) is 23.6 Å². The van der Waals surface area contributed by atoms with Crippen LogP contribution in [0.25, 0.3) is 0 Å². The average molecular weight is 472 g/mol. The van der Waals surface area contributed by atoms with E-state index in [0.717, 1.165) is 18.6 Å². The van der Waals surface area contributed by atoms with Gasteiger partial charge in [-0.1, -0.05) is 24.6 Å². The van der Waals surface area contributed by atoms with Crippen LogP contribution < -0.4 is 10.1 Å². The molecular formula is C22H21ClF3NO5. The zero-order chi connectivity index (χ0) is 23.7. The Morgan fingerprint density at radius 1 is 1.03 bits per heavy atom. The van der Waals surface area contributed by atoms with E-state index in [1.165, 1.54) is 6.07 Å². The van der Waals surface area contributed by atoms with Crippen molar-refractivity contribution in [2.75, 3.05) is 18.5 Å². The van der Waals surface area contributed by atoms with Crippen molar-refractivity contribution in [2.45, 2.75) is 32.4 Å². The molecule has 32 heavy (non-hydrogen) atoms. The number of para-hydroxylation sites is 1. The lowest BCUT2D eigenvalue weighted by Crippen LogP contribution is -2.23. The summed E-state index contributed by atoms with van der Waals surface area (Å²) in [4.78, 5) is 35.9. The lowest BCUT2D eigenvalue weighted by Gasteiger charge is -2.15. The van der Waals surface area contributed by atoms with Gasteiger partial charge in [-0.15, -0.1) is 0 Å². The van der Waals surface area contributed by atoms with Gasteiger partial charge in [0.05, 0.1) is 29.3 Å². The number of rotatable bonds is 10. The van der Waals surface area contributed by atoms with Gasteiger partial charge in [-0.3, -0.25) is 14.4 Å². The highest BCUT2D eigenvalue weighted by atomic mass is 35.5. The Hall–Kier alpha value is -3.07. The molecular weight excluding hydrogens is 451 g/mol. The summed E-state index contributed by atoms with van der Waals surface area (Å²) in [7, 11) is 0. The lowest BCUT2D eigenvalue weighted by atomic mass is 10.1. The summed E-state index contributed by atoms with van der Waals surface area (Å²) in [5.74, 6) is -1.52. The summed E-state index contributed by atoms with van der Waals surface area (Å²) in [6, 6.07) is 9.50. The second kappa shape index (κ2) is 11.5. The number of ether oxygens (including phenoxy) is 2. The molecule has 172 valence electrons. The molecule has 2 aromatic carbocycles. The monoisotopic (exact) mass is 471 g/mol. The fraction of sp³-hybridized carbons (Fsp3) is 0.318. The van der Waals surface area contributed by atoms with E-state index in [2.05, 4.69) is 0 Å². The molecule has 0 unspecified atom stereocenters. The maximum atomic E-state index is 13.1. The van der Waals surface area contributed by atoms with Crippen LogP contribution in [-0.2, 0) is 20.5 Å². The number of carbonyl (C=O) groups is 3. The number of hydrogen-bond donors (Lipinski definition) is 1. The molecule has 0 aliphatic heterocycles. The molecule has 0 aliphatic carbocycles. The molecule has 0 fully saturated rings. The molecule has 0 spiro atoms. The van der Waals surface area contributed by atoms with Crippen LogP contribution in [0, 0.1) is 0 Å². The molecule has 0 aromatic heterocycles. The Balaban J connectivity index is 1.82. The highest BCUT2D eigenvalue weighted by molar-refractivity contribution is 6.34. The Labute approximate surface area is 187 Å². The number of carbonyl (C=O) groups excluding carboxylic acids is 3. The van der Waals surface area contributed by atoms with E-state index < -0.39 is 35.9 Å². The minimum absolute atomic E-state index is 0.154. The van der Waals surface area contributed by atoms with Crippen LogP contribution in [-0.4, -0.2) is 30.9 Å². The van der Waals surface area contributed by atoms with Gasteiger partial charge in [-0.25, -0.2) is 0 Å². The van der Waals surface area contributed by atoms with Gasteiger partial charge in [0.15, 0.2) is 12.4 Å². The van der Waals surface area contributed by atoms with Crippen molar-refractivity contribution in [1.82, 2.24) is 0 Å². The van der Waals surface area contributed by atoms with Crippen molar-refractivity contribution in [3.63, 3.8) is 0 Å². The average Bonchev–Trinajstić information content (AvgIpc) is 2.75. The van der Waals surface area contributed by atoms with Gasteiger partial charge < -0.3 is 14.8 Å². The Morgan fingerprint density at radius 3 is 2.34 bits per heavy atom. The number of ketones is 1. The normalized spacial score (nSPS) is 11.0. The molecule has 0 saturated carbocycles. The zero-order valence-corrected chi connectivity index (χ0v) is 17.9. The van der Waals surface area contributed by atoms with Gasteiger partial charge in [-0.05, 0) is 42.8 Å². The molecule has 0 radical (unpaired) electrons. The van der Waals surface area contributed by atoms with E-state index in [9.17, 15) is 27.6 Å². The number of halogens is 4. The second-order valence-corrected chi connectivity index (χ2v) is 7.07. The number of alkyl halides is 3. The van der Waals surface area contributed by atoms with Crippen LogP contribution in [0.3, 0.4) is 0 Å². The first-order valence-electron chi connectivity index (χ1n) is 9.69. The molecule has 0 atom stereocenters. The molecule has 2 rings (SSSR count). The molecule has 1 amide bonds. The smallest absolute Gasteiger partial charge is 0.418 e. The quantitative estimate of drug-likeness (QED) is 0.376. The summed E-state index contributed by atoms with van der Waals surface area (Å²) < 4.78 is 49.3. The first-order valence-corrected chi connectivity index (χ1v) is 10.1. The fourth-order valence-corrected chi connectivity index (χ4v) is 2.82. The van der Waals surface area contributed by atoms with Crippen molar-refractivity contribution in [2.24, 2.45) is 0 Å². The predicted octanol–water partition coefficient (Wildman–Crippen LogP) is 5.29. The zero-order valence-electron chi connectivity index (χ0n) is 17.1. The maximum absolute atomic E-state index is 13.1. The maximum Gasteiger partial charge on any atom is 0.418 e. The van der Waals surface area contributed by atoms with Crippen LogP contribution >= 0.6 is 11.6 Å². The van der Waals surface area contributed by atoms with Crippen molar-refractivity contribution < 1.29 is 37.0 Å². The minimum atomic E-state index is -4.73. The van der Waals surface area contributed by atoms with Crippen molar-refractivity contribution in [3.8, 4) is 5.75 Å². The van der Waals surface area contributed by atoms with Gasteiger partial charge >= 0.3 is 12.1 Å². The number of esters is 1. The Bertz CT molecular complexity index is 961. The molecule has 0 heterocycles. The van der Waals surface area contributed by atoms with E-state index in [0.29, 0.717) is 17.9 Å². The van der Waals surface area contributed by atoms with Gasteiger partial charge in [0.25, 0.3) is 5.91 Å². The Morgan fingerprint density at radius 2 is 1.72 bits per heavy atom. The molecule has 0 saturated heterocycles. The number of anilines is 1. The van der Waals surface area contributed by atoms with E-state index in [1.54, 1.807) is 24.3 Å². The highest BCUT2D eigenvalue weighted by Gasteiger charge is 2.34. The molecule has 10 heteroatoms. The number of hydrogen-bond acceptors (Lipinski definition) is 5. The first-order chi connectivity index (χ1) is 15.1. The standard InChI is InChI=1S/C22H21ClF3NO5/c1-2-12-31-15-8-6-14(7-9-15)18(28)10-11-20(30)32-13-19(29)27-21-16(22(24,25)26)4-3-5-17(21)23/h3-9H,2,10-13H2,1H3,(H,27,29). The van der Waals surface area contributed by atoms with Crippen molar-refractivity contribution in [3.05, 3.63) is 58.6 Å². The van der Waals surface area contributed by atoms with Crippen LogP contribution in [0.5, 0.6) is 5.75 Å². The van der Waals surface area contributed by atoms with Crippen LogP contribution in [0.2, 0.25) is 5.02 Å².